The lowest BCUT2D eigenvalue weighted by Crippen LogP contribution is -2.28. The van der Waals surface area contributed by atoms with Crippen molar-refractivity contribution in [3.8, 4) is 0 Å². The Hall–Kier alpha value is -1.65. The molecule has 0 bridgehead atoms. The molecule has 0 aromatic carbocycles. The lowest BCUT2D eigenvalue weighted by atomic mass is 10.1. The lowest BCUT2D eigenvalue weighted by molar-refractivity contribution is 0.0792. The minimum Gasteiger partial charge on any atom is -0.351 e. The molecule has 0 aliphatic heterocycles. The Balaban J connectivity index is 1.90. The van der Waals surface area contributed by atoms with Crippen LogP contribution in [0.25, 0.3) is 0 Å². The second-order valence-electron chi connectivity index (χ2n) is 6.21. The molecule has 0 saturated heterocycles. The largest absolute Gasteiger partial charge is 0.351 e. The zero-order valence-electron chi connectivity index (χ0n) is 13.8. The highest BCUT2D eigenvalue weighted by molar-refractivity contribution is 5.93. The second kappa shape index (κ2) is 8.71. The molecule has 1 N–H and O–H groups in total. The van der Waals surface area contributed by atoms with Crippen molar-refractivity contribution in [3.63, 3.8) is 0 Å². The van der Waals surface area contributed by atoms with Gasteiger partial charge in [-0.05, 0) is 19.3 Å². The highest BCUT2D eigenvalue weighted by atomic mass is 16.2. The smallest absolute Gasteiger partial charge is 0.256 e. The Morgan fingerprint density at radius 1 is 1.23 bits per heavy atom. The van der Waals surface area contributed by atoms with Gasteiger partial charge in [0.15, 0.2) is 0 Å². The third-order valence-electron chi connectivity index (χ3n) is 4.28. The highest BCUT2D eigenvalue weighted by Crippen LogP contribution is 2.19. The molecule has 1 heterocycles. The van der Waals surface area contributed by atoms with E-state index in [1.54, 1.807) is 17.3 Å². The average molecular weight is 304 g/mol. The summed E-state index contributed by atoms with van der Waals surface area (Å²) in [6.07, 6.45) is 12.9. The Kier molecular flexibility index (Phi) is 6.62. The Labute approximate surface area is 133 Å². The number of nitrogens with one attached hydrogen (secondary N) is 1. The first kappa shape index (κ1) is 16.7. The number of carbonyl (C=O) groups is 1. The lowest BCUT2D eigenvalue weighted by Gasteiger charge is -2.18. The average Bonchev–Trinajstić information content (AvgIpc) is 2.81. The fourth-order valence-corrected chi connectivity index (χ4v) is 2.84. The molecule has 22 heavy (non-hydrogen) atoms. The molecule has 1 amide bonds. The molecule has 2 rings (SSSR count). The maximum Gasteiger partial charge on any atom is 0.256 e. The normalized spacial score (nSPS) is 16.1. The van der Waals surface area contributed by atoms with Gasteiger partial charge in [-0.1, -0.05) is 39.0 Å². The van der Waals surface area contributed by atoms with Gasteiger partial charge in [0.25, 0.3) is 5.91 Å². The summed E-state index contributed by atoms with van der Waals surface area (Å²) < 4.78 is 0. The maximum absolute atomic E-state index is 12.2. The van der Waals surface area contributed by atoms with Gasteiger partial charge in [0.1, 0.15) is 0 Å². The van der Waals surface area contributed by atoms with Gasteiger partial charge in [0, 0.05) is 32.0 Å². The van der Waals surface area contributed by atoms with E-state index in [0.29, 0.717) is 17.6 Å². The molecule has 0 radical (unpaired) electrons. The number of carbonyl (C=O) groups excluding carboxylic acids is 1. The van der Waals surface area contributed by atoms with Crippen LogP contribution in [0, 0.1) is 0 Å². The van der Waals surface area contributed by atoms with Gasteiger partial charge in [-0.2, -0.15) is 0 Å². The molecule has 1 aliphatic rings. The van der Waals surface area contributed by atoms with Crippen molar-refractivity contribution in [2.24, 2.45) is 0 Å². The minimum atomic E-state index is -0.00512. The van der Waals surface area contributed by atoms with E-state index < -0.39 is 0 Å². The summed E-state index contributed by atoms with van der Waals surface area (Å²) in [5.41, 5.74) is 0.560. The van der Waals surface area contributed by atoms with E-state index in [4.69, 9.17) is 0 Å². The van der Waals surface area contributed by atoms with E-state index in [0.717, 1.165) is 19.4 Å². The van der Waals surface area contributed by atoms with Crippen molar-refractivity contribution >= 4 is 11.9 Å². The summed E-state index contributed by atoms with van der Waals surface area (Å²) in [5, 5.41) is 3.40. The molecule has 1 aliphatic carbocycles. The van der Waals surface area contributed by atoms with E-state index in [2.05, 4.69) is 22.2 Å². The molecule has 0 unspecified atom stereocenters. The van der Waals surface area contributed by atoms with Crippen molar-refractivity contribution in [1.82, 2.24) is 14.9 Å². The molecule has 1 aromatic heterocycles. The zero-order chi connectivity index (χ0) is 15.8. The Morgan fingerprint density at radius 2 is 1.86 bits per heavy atom. The van der Waals surface area contributed by atoms with Crippen LogP contribution in [0.4, 0.5) is 5.95 Å². The van der Waals surface area contributed by atoms with Crippen LogP contribution in [0.3, 0.4) is 0 Å². The predicted octanol–water partition coefficient (Wildman–Crippen LogP) is 3.48. The molecular formula is C17H28N4O. The first-order valence-electron chi connectivity index (χ1n) is 8.54. The Bertz CT molecular complexity index is 452. The van der Waals surface area contributed by atoms with E-state index in [9.17, 15) is 4.79 Å². The number of hydrogen-bond donors (Lipinski definition) is 1. The van der Waals surface area contributed by atoms with Crippen molar-refractivity contribution in [2.75, 3.05) is 18.9 Å². The molecule has 0 atom stereocenters. The molecule has 1 fully saturated rings. The molecule has 122 valence electrons. The molecule has 5 nitrogen and oxygen atoms in total. The van der Waals surface area contributed by atoms with Crippen LogP contribution in [0.1, 0.15) is 68.6 Å². The first-order chi connectivity index (χ1) is 10.7. The van der Waals surface area contributed by atoms with Crippen molar-refractivity contribution in [2.45, 2.75) is 64.3 Å². The number of rotatable bonds is 6. The summed E-state index contributed by atoms with van der Waals surface area (Å²) in [5.74, 6) is 0.633. The van der Waals surface area contributed by atoms with Crippen LogP contribution in [0.15, 0.2) is 12.4 Å². The van der Waals surface area contributed by atoms with Gasteiger partial charge in [0.05, 0.1) is 5.56 Å². The summed E-state index contributed by atoms with van der Waals surface area (Å²) >= 11 is 0. The van der Waals surface area contributed by atoms with Crippen LogP contribution < -0.4 is 5.32 Å². The van der Waals surface area contributed by atoms with Gasteiger partial charge in [-0.25, -0.2) is 9.97 Å². The van der Waals surface area contributed by atoms with Crippen LogP contribution in [-0.4, -0.2) is 40.4 Å². The number of nitrogens with zero attached hydrogens (tertiary/aromatic N) is 3. The van der Waals surface area contributed by atoms with Crippen LogP contribution in [-0.2, 0) is 0 Å². The molecular weight excluding hydrogens is 276 g/mol. The summed E-state index contributed by atoms with van der Waals surface area (Å²) in [6, 6.07) is 0.469. The summed E-state index contributed by atoms with van der Waals surface area (Å²) in [6.45, 7) is 2.90. The van der Waals surface area contributed by atoms with Crippen molar-refractivity contribution < 1.29 is 4.79 Å². The van der Waals surface area contributed by atoms with E-state index in [1.807, 2.05) is 7.05 Å². The summed E-state index contributed by atoms with van der Waals surface area (Å²) in [4.78, 5) is 22.6. The standard InChI is InChI=1S/C17H28N4O/c1-3-4-11-21(2)16(22)14-12-18-17(19-13-14)20-15-9-7-5-6-8-10-15/h12-13,15H,3-11H2,1-2H3,(H,18,19,20). The fraction of sp³-hybridized carbons (Fsp3) is 0.706. The molecule has 0 spiro atoms. The van der Waals surface area contributed by atoms with E-state index >= 15 is 0 Å². The van der Waals surface area contributed by atoms with Crippen LogP contribution in [0.2, 0.25) is 0 Å². The minimum absolute atomic E-state index is 0.00512. The number of aromatic nitrogens is 2. The SMILES string of the molecule is CCCCN(C)C(=O)c1cnc(NC2CCCCCC2)nc1. The van der Waals surface area contributed by atoms with Crippen LogP contribution >= 0.6 is 0 Å². The van der Waals surface area contributed by atoms with E-state index in [1.165, 1.54) is 38.5 Å². The van der Waals surface area contributed by atoms with E-state index in [-0.39, 0.29) is 5.91 Å². The number of hydrogen-bond acceptors (Lipinski definition) is 4. The van der Waals surface area contributed by atoms with Crippen molar-refractivity contribution in [1.29, 1.82) is 0 Å². The molecule has 5 heteroatoms. The third kappa shape index (κ3) is 4.97. The molecule has 1 aromatic rings. The zero-order valence-corrected chi connectivity index (χ0v) is 13.8. The first-order valence-corrected chi connectivity index (χ1v) is 8.54. The van der Waals surface area contributed by atoms with Crippen LogP contribution in [0.5, 0.6) is 0 Å². The number of unbranched alkanes of at least 4 members (excludes halogenated alkanes) is 1. The predicted molar refractivity (Wildman–Crippen MR) is 89.0 cm³/mol. The molecule has 1 saturated carbocycles. The van der Waals surface area contributed by atoms with Gasteiger partial charge < -0.3 is 10.2 Å². The second-order valence-corrected chi connectivity index (χ2v) is 6.21. The highest BCUT2D eigenvalue weighted by Gasteiger charge is 2.15. The number of anilines is 1. The maximum atomic E-state index is 12.2. The van der Waals surface area contributed by atoms with Gasteiger partial charge in [0.2, 0.25) is 5.95 Å². The third-order valence-corrected chi connectivity index (χ3v) is 4.28. The van der Waals surface area contributed by atoms with Crippen molar-refractivity contribution in [3.05, 3.63) is 18.0 Å². The van der Waals surface area contributed by atoms with Gasteiger partial charge >= 0.3 is 0 Å². The Morgan fingerprint density at radius 3 is 2.45 bits per heavy atom. The number of amides is 1. The topological polar surface area (TPSA) is 58.1 Å². The van der Waals surface area contributed by atoms with Gasteiger partial charge in [-0.15, -0.1) is 0 Å². The quantitative estimate of drug-likeness (QED) is 0.817. The summed E-state index contributed by atoms with van der Waals surface area (Å²) in [7, 11) is 1.83. The fourth-order valence-electron chi connectivity index (χ4n) is 2.84. The van der Waals surface area contributed by atoms with Gasteiger partial charge in [-0.3, -0.25) is 4.79 Å². The monoisotopic (exact) mass is 304 g/mol.